The largest absolute Gasteiger partial charge is 0.420 e. The Bertz CT molecular complexity index is 1360. The summed E-state index contributed by atoms with van der Waals surface area (Å²) < 4.78 is 40.0. The van der Waals surface area contributed by atoms with Crippen molar-refractivity contribution in [1.29, 1.82) is 0 Å². The van der Waals surface area contributed by atoms with Crippen molar-refractivity contribution in [2.24, 2.45) is 7.05 Å². The zero-order valence-corrected chi connectivity index (χ0v) is 20.0. The highest BCUT2D eigenvalue weighted by molar-refractivity contribution is 7.98. The Kier molecular flexibility index (Phi) is 6.46. The van der Waals surface area contributed by atoms with Gasteiger partial charge in [-0.3, -0.25) is 0 Å². The fraction of sp³-hybridized carbons (Fsp3) is 0.273. The van der Waals surface area contributed by atoms with E-state index in [0.29, 0.717) is 54.8 Å². The normalized spacial score (nSPS) is 15.0. The SMILES string of the molecule is Cn1c(SCc2nnc(-c3ccccc3)o2)nnc1-c1ccc(S(=O)(=O)N2CCOCC2)cc1. The molecule has 1 saturated heterocycles. The highest BCUT2D eigenvalue weighted by atomic mass is 32.2. The number of morpholine rings is 1. The molecule has 5 rings (SSSR count). The van der Waals surface area contributed by atoms with Crippen molar-refractivity contribution in [3.63, 3.8) is 0 Å². The van der Waals surface area contributed by atoms with Gasteiger partial charge in [-0.05, 0) is 36.4 Å². The topological polar surface area (TPSA) is 116 Å². The molecule has 2 aromatic carbocycles. The van der Waals surface area contributed by atoms with Crippen molar-refractivity contribution in [3.05, 3.63) is 60.5 Å². The molecule has 0 amide bonds. The van der Waals surface area contributed by atoms with Crippen LogP contribution in [0.25, 0.3) is 22.8 Å². The standard InChI is InChI=1S/C22H22N6O4S2/c1-27-20(16-7-9-18(10-8-16)34(29,30)28-11-13-31-14-12-28)24-26-22(27)33-15-19-23-25-21(32-19)17-5-3-2-4-6-17/h2-10H,11-15H2,1H3. The second-order valence-electron chi connectivity index (χ2n) is 7.56. The second-order valence-corrected chi connectivity index (χ2v) is 10.4. The molecule has 0 saturated carbocycles. The summed E-state index contributed by atoms with van der Waals surface area (Å²) in [4.78, 5) is 0.250. The second kappa shape index (κ2) is 9.66. The molecule has 1 fully saturated rings. The Morgan fingerprint density at radius 3 is 2.38 bits per heavy atom. The van der Waals surface area contributed by atoms with Crippen LogP contribution in [-0.2, 0) is 27.6 Å². The van der Waals surface area contributed by atoms with Crippen LogP contribution in [0.1, 0.15) is 5.89 Å². The lowest BCUT2D eigenvalue weighted by atomic mass is 10.2. The summed E-state index contributed by atoms with van der Waals surface area (Å²) in [5.74, 6) is 2.05. The van der Waals surface area contributed by atoms with Crippen LogP contribution in [0.4, 0.5) is 0 Å². The highest BCUT2D eigenvalue weighted by Crippen LogP contribution is 2.27. The summed E-state index contributed by atoms with van der Waals surface area (Å²) in [6, 6.07) is 16.3. The van der Waals surface area contributed by atoms with Gasteiger partial charge in [0.25, 0.3) is 0 Å². The minimum Gasteiger partial charge on any atom is -0.420 e. The summed E-state index contributed by atoms with van der Waals surface area (Å²) >= 11 is 1.43. The van der Waals surface area contributed by atoms with E-state index in [0.717, 1.165) is 11.1 Å². The Labute approximate surface area is 201 Å². The first-order valence-corrected chi connectivity index (χ1v) is 13.0. The van der Waals surface area contributed by atoms with E-state index in [4.69, 9.17) is 9.15 Å². The summed E-state index contributed by atoms with van der Waals surface area (Å²) in [6.45, 7) is 1.55. The first-order chi connectivity index (χ1) is 16.5. The molecule has 0 atom stereocenters. The number of sulfonamides is 1. The van der Waals surface area contributed by atoms with Gasteiger partial charge in [-0.15, -0.1) is 20.4 Å². The fourth-order valence-corrected chi connectivity index (χ4v) is 5.70. The van der Waals surface area contributed by atoms with Crippen LogP contribution < -0.4 is 0 Å². The van der Waals surface area contributed by atoms with Gasteiger partial charge in [0.15, 0.2) is 11.0 Å². The van der Waals surface area contributed by atoms with E-state index in [2.05, 4.69) is 20.4 Å². The van der Waals surface area contributed by atoms with Crippen molar-refractivity contribution in [2.75, 3.05) is 26.3 Å². The van der Waals surface area contributed by atoms with Crippen molar-refractivity contribution >= 4 is 21.8 Å². The van der Waals surface area contributed by atoms with Crippen LogP contribution in [0, 0.1) is 0 Å². The van der Waals surface area contributed by atoms with E-state index in [-0.39, 0.29) is 4.90 Å². The number of ether oxygens (including phenoxy) is 1. The average molecular weight is 499 g/mol. The third-order valence-corrected chi connectivity index (χ3v) is 8.29. The lowest BCUT2D eigenvalue weighted by molar-refractivity contribution is 0.0730. The molecule has 0 N–H and O–H groups in total. The van der Waals surface area contributed by atoms with Gasteiger partial charge >= 0.3 is 0 Å². The number of aromatic nitrogens is 5. The Morgan fingerprint density at radius 1 is 0.912 bits per heavy atom. The summed E-state index contributed by atoms with van der Waals surface area (Å²) in [7, 11) is -1.68. The van der Waals surface area contributed by atoms with Crippen LogP contribution in [0.2, 0.25) is 0 Å². The van der Waals surface area contributed by atoms with E-state index in [1.54, 1.807) is 24.3 Å². The molecule has 0 bridgehead atoms. The maximum Gasteiger partial charge on any atom is 0.247 e. The van der Waals surface area contributed by atoms with Crippen LogP contribution in [-0.4, -0.2) is 64.0 Å². The minimum absolute atomic E-state index is 0.250. The van der Waals surface area contributed by atoms with Gasteiger partial charge in [0.1, 0.15) is 0 Å². The maximum absolute atomic E-state index is 12.8. The lowest BCUT2D eigenvalue weighted by Crippen LogP contribution is -2.40. The van der Waals surface area contributed by atoms with Crippen molar-refractivity contribution in [2.45, 2.75) is 15.8 Å². The number of nitrogens with zero attached hydrogens (tertiary/aromatic N) is 6. The quantitative estimate of drug-likeness (QED) is 0.355. The van der Waals surface area contributed by atoms with Gasteiger partial charge in [-0.1, -0.05) is 30.0 Å². The minimum atomic E-state index is -3.54. The average Bonchev–Trinajstić information content (AvgIpc) is 3.50. The molecule has 4 aromatic rings. The van der Waals surface area contributed by atoms with Gasteiger partial charge in [0, 0.05) is 31.3 Å². The maximum atomic E-state index is 12.8. The Hall–Kier alpha value is -3.06. The molecular weight excluding hydrogens is 476 g/mol. The summed E-state index contributed by atoms with van der Waals surface area (Å²) in [6.07, 6.45) is 0. The monoisotopic (exact) mass is 498 g/mol. The highest BCUT2D eigenvalue weighted by Gasteiger charge is 2.26. The van der Waals surface area contributed by atoms with Gasteiger partial charge in [-0.25, -0.2) is 8.42 Å². The molecule has 0 spiro atoms. The van der Waals surface area contributed by atoms with Crippen molar-refractivity contribution in [3.8, 4) is 22.8 Å². The molecule has 1 aliphatic rings. The number of hydrogen-bond acceptors (Lipinski definition) is 9. The first-order valence-electron chi connectivity index (χ1n) is 10.6. The smallest absolute Gasteiger partial charge is 0.247 e. The molecule has 0 aliphatic carbocycles. The third kappa shape index (κ3) is 4.62. The molecule has 3 heterocycles. The number of thioether (sulfide) groups is 1. The van der Waals surface area contributed by atoms with E-state index in [9.17, 15) is 8.42 Å². The van der Waals surface area contributed by atoms with Gasteiger partial charge in [0.05, 0.1) is 23.9 Å². The van der Waals surface area contributed by atoms with E-state index in [1.165, 1.54) is 16.1 Å². The molecule has 0 unspecified atom stereocenters. The van der Waals surface area contributed by atoms with Gasteiger partial charge in [0.2, 0.25) is 21.8 Å². The van der Waals surface area contributed by atoms with E-state index < -0.39 is 10.0 Å². The molecule has 2 aromatic heterocycles. The molecule has 10 nitrogen and oxygen atoms in total. The number of hydrogen-bond donors (Lipinski definition) is 0. The molecule has 176 valence electrons. The van der Waals surface area contributed by atoms with Crippen LogP contribution in [0.5, 0.6) is 0 Å². The zero-order chi connectivity index (χ0) is 23.5. The van der Waals surface area contributed by atoms with Crippen molar-refractivity contribution in [1.82, 2.24) is 29.3 Å². The molecule has 12 heteroatoms. The Balaban J connectivity index is 1.27. The van der Waals surface area contributed by atoms with Crippen LogP contribution >= 0.6 is 11.8 Å². The fourth-order valence-electron chi connectivity index (χ4n) is 3.54. The Morgan fingerprint density at radius 2 is 1.65 bits per heavy atom. The molecular formula is C22H22N6O4S2. The van der Waals surface area contributed by atoms with Crippen LogP contribution in [0.15, 0.2) is 69.1 Å². The predicted octanol–water partition coefficient (Wildman–Crippen LogP) is 2.85. The first kappa shape index (κ1) is 22.7. The van der Waals surface area contributed by atoms with Crippen LogP contribution in [0.3, 0.4) is 0 Å². The zero-order valence-electron chi connectivity index (χ0n) is 18.4. The third-order valence-electron chi connectivity index (χ3n) is 5.37. The van der Waals surface area contributed by atoms with Gasteiger partial charge < -0.3 is 13.7 Å². The number of rotatable bonds is 7. The summed E-state index contributed by atoms with van der Waals surface area (Å²) in [5.41, 5.74) is 1.64. The molecule has 1 aliphatic heterocycles. The lowest BCUT2D eigenvalue weighted by Gasteiger charge is -2.26. The van der Waals surface area contributed by atoms with Gasteiger partial charge in [-0.2, -0.15) is 4.31 Å². The number of benzene rings is 2. The predicted molar refractivity (Wildman–Crippen MR) is 125 cm³/mol. The van der Waals surface area contributed by atoms with E-state index >= 15 is 0 Å². The summed E-state index contributed by atoms with van der Waals surface area (Å²) in [5, 5.41) is 17.4. The van der Waals surface area contributed by atoms with E-state index in [1.807, 2.05) is 41.9 Å². The van der Waals surface area contributed by atoms with Crippen molar-refractivity contribution < 1.29 is 17.6 Å². The molecule has 0 radical (unpaired) electrons. The molecule has 34 heavy (non-hydrogen) atoms.